The van der Waals surface area contributed by atoms with Crippen LogP contribution in [0.1, 0.15) is 32.1 Å². The third-order valence-electron chi connectivity index (χ3n) is 4.10. The zero-order chi connectivity index (χ0) is 12.8. The molecule has 0 aromatic carbocycles. The molecule has 0 aromatic heterocycles. The van der Waals surface area contributed by atoms with Gasteiger partial charge in [0.1, 0.15) is 24.4 Å². The zero-order valence-electron chi connectivity index (χ0n) is 10.2. The quantitative estimate of drug-likeness (QED) is 0.620. The van der Waals surface area contributed by atoms with Crippen molar-refractivity contribution in [3.05, 3.63) is 0 Å². The maximum absolute atomic E-state index is 10.1. The molecule has 1 spiro atoms. The lowest BCUT2D eigenvalue weighted by Crippen LogP contribution is -2.43. The van der Waals surface area contributed by atoms with Crippen molar-refractivity contribution in [3.8, 4) is 0 Å². The summed E-state index contributed by atoms with van der Waals surface area (Å²) in [6.07, 6.45) is 0.824. The van der Waals surface area contributed by atoms with Crippen molar-refractivity contribution < 1.29 is 29.5 Å². The molecule has 0 bridgehead atoms. The standard InChI is InChI=1S/C12H20O6/c13-6-7(14)9-8(15)10-11(16-9)18-12(17-10)4-2-1-3-5-12/h7-11,13-15H,1-6H2/t7-,8+,9+,10-,11-/m1/s1. The summed E-state index contributed by atoms with van der Waals surface area (Å²) in [5.41, 5.74) is 0. The van der Waals surface area contributed by atoms with E-state index in [1.165, 1.54) is 6.42 Å². The lowest BCUT2D eigenvalue weighted by Gasteiger charge is -2.33. The number of aliphatic hydroxyl groups is 3. The van der Waals surface area contributed by atoms with Crippen LogP contribution in [0.15, 0.2) is 0 Å². The van der Waals surface area contributed by atoms with Gasteiger partial charge >= 0.3 is 0 Å². The van der Waals surface area contributed by atoms with Crippen LogP contribution in [0.4, 0.5) is 0 Å². The lowest BCUT2D eigenvalue weighted by atomic mass is 9.94. The van der Waals surface area contributed by atoms with Gasteiger partial charge in [-0.3, -0.25) is 0 Å². The van der Waals surface area contributed by atoms with E-state index in [-0.39, 0.29) is 0 Å². The molecule has 0 amide bonds. The molecule has 18 heavy (non-hydrogen) atoms. The van der Waals surface area contributed by atoms with Crippen molar-refractivity contribution in [1.82, 2.24) is 0 Å². The first-order valence-corrected chi connectivity index (χ1v) is 6.63. The number of ether oxygens (including phenoxy) is 3. The van der Waals surface area contributed by atoms with Gasteiger partial charge in [0, 0.05) is 12.8 Å². The van der Waals surface area contributed by atoms with Gasteiger partial charge in [0.15, 0.2) is 12.1 Å². The Balaban J connectivity index is 1.68. The molecule has 0 aromatic rings. The van der Waals surface area contributed by atoms with E-state index in [2.05, 4.69) is 0 Å². The van der Waals surface area contributed by atoms with Gasteiger partial charge in [-0.2, -0.15) is 0 Å². The Hall–Kier alpha value is -0.240. The van der Waals surface area contributed by atoms with Crippen molar-refractivity contribution in [2.24, 2.45) is 0 Å². The molecule has 1 aliphatic carbocycles. The predicted molar refractivity (Wildman–Crippen MR) is 59.5 cm³/mol. The predicted octanol–water partition coefficient (Wildman–Crippen LogP) is -0.499. The zero-order valence-corrected chi connectivity index (χ0v) is 10.2. The Kier molecular flexibility index (Phi) is 3.34. The van der Waals surface area contributed by atoms with Crippen molar-refractivity contribution in [1.29, 1.82) is 0 Å². The summed E-state index contributed by atoms with van der Waals surface area (Å²) in [4.78, 5) is 0. The number of rotatable bonds is 2. The van der Waals surface area contributed by atoms with Crippen LogP contribution in [0.5, 0.6) is 0 Å². The van der Waals surface area contributed by atoms with E-state index in [0.717, 1.165) is 25.7 Å². The highest BCUT2D eigenvalue weighted by atomic mass is 16.8. The molecule has 3 fully saturated rings. The molecule has 0 unspecified atom stereocenters. The van der Waals surface area contributed by atoms with Gasteiger partial charge in [-0.05, 0) is 12.8 Å². The minimum absolute atomic E-state index is 0.452. The highest BCUT2D eigenvalue weighted by Gasteiger charge is 2.58. The van der Waals surface area contributed by atoms with Gasteiger partial charge in [-0.15, -0.1) is 0 Å². The van der Waals surface area contributed by atoms with E-state index in [9.17, 15) is 10.2 Å². The lowest BCUT2D eigenvalue weighted by molar-refractivity contribution is -0.254. The molecule has 3 rings (SSSR count). The first-order chi connectivity index (χ1) is 8.65. The molecule has 3 aliphatic rings. The summed E-state index contributed by atoms with van der Waals surface area (Å²) in [7, 11) is 0. The molecule has 1 saturated carbocycles. The largest absolute Gasteiger partial charge is 0.394 e. The second-order valence-electron chi connectivity index (χ2n) is 5.38. The molecule has 2 saturated heterocycles. The number of hydrogen-bond donors (Lipinski definition) is 3. The molecule has 6 heteroatoms. The summed E-state index contributed by atoms with van der Waals surface area (Å²) in [5, 5.41) is 28.5. The van der Waals surface area contributed by atoms with Gasteiger partial charge in [0.05, 0.1) is 6.61 Å². The summed E-state index contributed by atoms with van der Waals surface area (Å²) in [6.45, 7) is -0.452. The normalized spacial score (nSPS) is 44.2. The molecule has 0 radical (unpaired) electrons. The highest BCUT2D eigenvalue weighted by Crippen LogP contribution is 2.45. The van der Waals surface area contributed by atoms with Crippen LogP contribution in [-0.2, 0) is 14.2 Å². The average Bonchev–Trinajstić information content (AvgIpc) is 2.86. The van der Waals surface area contributed by atoms with Crippen molar-refractivity contribution in [3.63, 3.8) is 0 Å². The van der Waals surface area contributed by atoms with E-state index >= 15 is 0 Å². The highest BCUT2D eigenvalue weighted by molar-refractivity contribution is 4.97. The molecule has 6 nitrogen and oxygen atoms in total. The number of fused-ring (bicyclic) bond motifs is 1. The van der Waals surface area contributed by atoms with E-state index < -0.39 is 43.1 Å². The van der Waals surface area contributed by atoms with Gasteiger partial charge in [0.25, 0.3) is 0 Å². The Labute approximate surface area is 105 Å². The monoisotopic (exact) mass is 260 g/mol. The molecule has 104 valence electrons. The number of aliphatic hydroxyl groups excluding tert-OH is 3. The molecular weight excluding hydrogens is 240 g/mol. The van der Waals surface area contributed by atoms with Gasteiger partial charge < -0.3 is 29.5 Å². The third kappa shape index (κ3) is 1.97. The van der Waals surface area contributed by atoms with Crippen molar-refractivity contribution in [2.45, 2.75) is 68.6 Å². The van der Waals surface area contributed by atoms with Crippen LogP contribution in [-0.4, -0.2) is 58.4 Å². The van der Waals surface area contributed by atoms with E-state index in [1.54, 1.807) is 0 Å². The minimum Gasteiger partial charge on any atom is -0.394 e. The van der Waals surface area contributed by atoms with Crippen LogP contribution < -0.4 is 0 Å². The third-order valence-corrected chi connectivity index (χ3v) is 4.10. The molecule has 2 heterocycles. The fourth-order valence-electron chi connectivity index (χ4n) is 3.12. The second kappa shape index (κ2) is 4.70. The molecule has 3 N–H and O–H groups in total. The van der Waals surface area contributed by atoms with E-state index in [0.29, 0.717) is 0 Å². The SMILES string of the molecule is OC[C@@H](O)[C@@H]1O[C@@H]2OC3(CCCCC3)O[C@@H]2[C@H]1O. The van der Waals surface area contributed by atoms with Gasteiger partial charge in [0.2, 0.25) is 0 Å². The van der Waals surface area contributed by atoms with Gasteiger partial charge in [-0.25, -0.2) is 0 Å². The van der Waals surface area contributed by atoms with E-state index in [4.69, 9.17) is 19.3 Å². The summed E-state index contributed by atoms with van der Waals surface area (Å²) in [6, 6.07) is 0. The Morgan fingerprint density at radius 1 is 1.17 bits per heavy atom. The van der Waals surface area contributed by atoms with E-state index in [1.807, 2.05) is 0 Å². The Morgan fingerprint density at radius 2 is 1.89 bits per heavy atom. The Morgan fingerprint density at radius 3 is 2.50 bits per heavy atom. The minimum atomic E-state index is -1.11. The van der Waals surface area contributed by atoms with Crippen LogP contribution in [0, 0.1) is 0 Å². The second-order valence-corrected chi connectivity index (χ2v) is 5.38. The molecule has 2 aliphatic heterocycles. The van der Waals surface area contributed by atoms with Crippen LogP contribution in [0.25, 0.3) is 0 Å². The fraction of sp³-hybridized carbons (Fsp3) is 1.00. The fourth-order valence-corrected chi connectivity index (χ4v) is 3.12. The summed E-state index contributed by atoms with van der Waals surface area (Å²) in [5.74, 6) is -0.607. The van der Waals surface area contributed by atoms with Gasteiger partial charge in [-0.1, -0.05) is 6.42 Å². The summed E-state index contributed by atoms with van der Waals surface area (Å²) < 4.78 is 17.1. The van der Waals surface area contributed by atoms with Crippen molar-refractivity contribution in [2.75, 3.05) is 6.61 Å². The summed E-state index contributed by atoms with van der Waals surface area (Å²) >= 11 is 0. The van der Waals surface area contributed by atoms with Crippen LogP contribution >= 0.6 is 0 Å². The maximum atomic E-state index is 10.1. The molecular formula is C12H20O6. The van der Waals surface area contributed by atoms with Crippen molar-refractivity contribution >= 4 is 0 Å². The molecule has 5 atom stereocenters. The first kappa shape index (κ1) is 12.8. The average molecular weight is 260 g/mol. The Bertz CT molecular complexity index is 303. The maximum Gasteiger partial charge on any atom is 0.190 e. The smallest absolute Gasteiger partial charge is 0.190 e. The first-order valence-electron chi connectivity index (χ1n) is 6.63. The number of hydrogen-bond acceptors (Lipinski definition) is 6. The van der Waals surface area contributed by atoms with Crippen LogP contribution in [0.3, 0.4) is 0 Å². The topological polar surface area (TPSA) is 88.4 Å². The van der Waals surface area contributed by atoms with Crippen LogP contribution in [0.2, 0.25) is 0 Å².